The van der Waals surface area contributed by atoms with Crippen LogP contribution in [0.4, 0.5) is 0 Å². The summed E-state index contributed by atoms with van der Waals surface area (Å²) in [6, 6.07) is 0. The molecule has 0 atom stereocenters. The van der Waals surface area contributed by atoms with E-state index in [1.54, 1.807) is 19.9 Å². The number of esters is 1. The molecule has 1 aliphatic rings. The SMILES string of the molecule is CC(C)OC(=O)C1=CCC(=O)C=C1. The highest BCUT2D eigenvalue weighted by atomic mass is 16.5. The van der Waals surface area contributed by atoms with Crippen LogP contribution < -0.4 is 0 Å². The van der Waals surface area contributed by atoms with E-state index in [9.17, 15) is 9.59 Å². The number of rotatable bonds is 2. The second-order valence-corrected chi connectivity index (χ2v) is 3.12. The number of hydrogen-bond donors (Lipinski definition) is 0. The Balaban J connectivity index is 2.59. The van der Waals surface area contributed by atoms with Crippen LogP contribution in [0.3, 0.4) is 0 Å². The van der Waals surface area contributed by atoms with Crippen molar-refractivity contribution in [2.75, 3.05) is 0 Å². The van der Waals surface area contributed by atoms with Gasteiger partial charge in [0.15, 0.2) is 5.78 Å². The van der Waals surface area contributed by atoms with E-state index in [0.717, 1.165) is 0 Å². The lowest BCUT2D eigenvalue weighted by Crippen LogP contribution is -2.14. The molecule has 0 fully saturated rings. The van der Waals surface area contributed by atoms with Crippen LogP contribution in [0.5, 0.6) is 0 Å². The van der Waals surface area contributed by atoms with Crippen LogP contribution in [-0.4, -0.2) is 17.9 Å². The summed E-state index contributed by atoms with van der Waals surface area (Å²) in [7, 11) is 0. The minimum Gasteiger partial charge on any atom is -0.459 e. The molecule has 3 nitrogen and oxygen atoms in total. The van der Waals surface area contributed by atoms with Gasteiger partial charge in [0.2, 0.25) is 0 Å². The molecule has 3 heteroatoms. The van der Waals surface area contributed by atoms with E-state index in [1.807, 2.05) is 0 Å². The fraction of sp³-hybridized carbons (Fsp3) is 0.400. The molecule has 0 spiro atoms. The third kappa shape index (κ3) is 2.86. The Morgan fingerprint density at radius 2 is 2.15 bits per heavy atom. The van der Waals surface area contributed by atoms with E-state index in [-0.39, 0.29) is 17.9 Å². The normalized spacial score (nSPS) is 15.9. The first kappa shape index (κ1) is 9.71. The van der Waals surface area contributed by atoms with Gasteiger partial charge in [-0.15, -0.1) is 0 Å². The third-order valence-electron chi connectivity index (χ3n) is 1.55. The highest BCUT2D eigenvalue weighted by Crippen LogP contribution is 2.09. The van der Waals surface area contributed by atoms with Gasteiger partial charge in [-0.1, -0.05) is 6.08 Å². The van der Waals surface area contributed by atoms with Crippen molar-refractivity contribution < 1.29 is 14.3 Å². The molecule has 0 saturated carbocycles. The Morgan fingerprint density at radius 1 is 1.46 bits per heavy atom. The van der Waals surface area contributed by atoms with Gasteiger partial charge in [-0.05, 0) is 26.0 Å². The van der Waals surface area contributed by atoms with E-state index in [4.69, 9.17) is 4.74 Å². The number of ether oxygens (including phenoxy) is 1. The predicted octanol–water partition coefficient (Wildman–Crippen LogP) is 1.39. The van der Waals surface area contributed by atoms with E-state index in [1.165, 1.54) is 12.2 Å². The summed E-state index contributed by atoms with van der Waals surface area (Å²) < 4.78 is 4.96. The molecule has 13 heavy (non-hydrogen) atoms. The maximum Gasteiger partial charge on any atom is 0.338 e. The Bertz CT molecular complexity index is 285. The predicted molar refractivity (Wildman–Crippen MR) is 48.1 cm³/mol. The highest BCUT2D eigenvalue weighted by molar-refractivity contribution is 6.00. The fourth-order valence-electron chi connectivity index (χ4n) is 0.963. The van der Waals surface area contributed by atoms with Crippen LogP contribution >= 0.6 is 0 Å². The van der Waals surface area contributed by atoms with Gasteiger partial charge < -0.3 is 4.74 Å². The number of allylic oxidation sites excluding steroid dienone is 2. The van der Waals surface area contributed by atoms with Gasteiger partial charge in [0, 0.05) is 6.42 Å². The summed E-state index contributed by atoms with van der Waals surface area (Å²) in [5.74, 6) is -0.347. The number of carbonyl (C=O) groups is 2. The molecule has 0 aromatic rings. The van der Waals surface area contributed by atoms with Crippen molar-refractivity contribution in [3.63, 3.8) is 0 Å². The van der Waals surface area contributed by atoms with Crippen molar-refractivity contribution in [1.82, 2.24) is 0 Å². The molecule has 0 aromatic carbocycles. The van der Waals surface area contributed by atoms with Crippen molar-refractivity contribution in [3.8, 4) is 0 Å². The molecule has 70 valence electrons. The molecule has 0 unspecified atom stereocenters. The molecule has 0 amide bonds. The van der Waals surface area contributed by atoms with Gasteiger partial charge in [0.1, 0.15) is 0 Å². The Kier molecular flexibility index (Phi) is 3.01. The van der Waals surface area contributed by atoms with Gasteiger partial charge in [-0.25, -0.2) is 4.79 Å². The quantitative estimate of drug-likeness (QED) is 0.603. The first-order valence-electron chi connectivity index (χ1n) is 4.21. The molecule has 0 aliphatic heterocycles. The molecular formula is C10H12O3. The zero-order valence-electron chi connectivity index (χ0n) is 7.74. The van der Waals surface area contributed by atoms with E-state index >= 15 is 0 Å². The van der Waals surface area contributed by atoms with Gasteiger partial charge in [-0.2, -0.15) is 0 Å². The third-order valence-corrected chi connectivity index (χ3v) is 1.55. The smallest absolute Gasteiger partial charge is 0.338 e. The zero-order chi connectivity index (χ0) is 9.84. The number of carbonyl (C=O) groups excluding carboxylic acids is 2. The zero-order valence-corrected chi connectivity index (χ0v) is 7.74. The molecular weight excluding hydrogens is 168 g/mol. The summed E-state index contributed by atoms with van der Waals surface area (Å²) >= 11 is 0. The monoisotopic (exact) mass is 180 g/mol. The lowest BCUT2D eigenvalue weighted by Gasteiger charge is -2.09. The summed E-state index contributed by atoms with van der Waals surface area (Å²) in [4.78, 5) is 22.0. The van der Waals surface area contributed by atoms with Crippen molar-refractivity contribution in [1.29, 1.82) is 0 Å². The van der Waals surface area contributed by atoms with E-state index in [0.29, 0.717) is 12.0 Å². The minimum atomic E-state index is -0.362. The molecule has 0 aromatic heterocycles. The van der Waals surface area contributed by atoms with Crippen molar-refractivity contribution in [2.24, 2.45) is 0 Å². The van der Waals surface area contributed by atoms with Crippen LogP contribution in [0.1, 0.15) is 20.3 Å². The van der Waals surface area contributed by atoms with E-state index in [2.05, 4.69) is 0 Å². The highest BCUT2D eigenvalue weighted by Gasteiger charge is 2.13. The molecule has 0 heterocycles. The Hall–Kier alpha value is -1.38. The van der Waals surface area contributed by atoms with Gasteiger partial charge in [-0.3, -0.25) is 4.79 Å². The molecule has 0 radical (unpaired) electrons. The molecule has 0 saturated heterocycles. The van der Waals surface area contributed by atoms with Crippen LogP contribution in [0.15, 0.2) is 23.8 Å². The summed E-state index contributed by atoms with van der Waals surface area (Å²) in [5, 5.41) is 0. The maximum atomic E-state index is 11.3. The van der Waals surface area contributed by atoms with Crippen molar-refractivity contribution in [2.45, 2.75) is 26.4 Å². The van der Waals surface area contributed by atoms with Crippen LogP contribution in [-0.2, 0) is 14.3 Å². The first-order chi connectivity index (χ1) is 6.09. The summed E-state index contributed by atoms with van der Waals surface area (Å²) in [6.45, 7) is 3.58. The summed E-state index contributed by atoms with van der Waals surface area (Å²) in [5.41, 5.74) is 0.466. The number of ketones is 1. The average molecular weight is 180 g/mol. The second kappa shape index (κ2) is 4.03. The Labute approximate surface area is 77.1 Å². The molecule has 0 N–H and O–H groups in total. The lowest BCUT2D eigenvalue weighted by molar-refractivity contribution is -0.142. The average Bonchev–Trinajstić information content (AvgIpc) is 2.04. The Morgan fingerprint density at radius 3 is 2.62 bits per heavy atom. The van der Waals surface area contributed by atoms with Gasteiger partial charge in [0.25, 0.3) is 0 Å². The van der Waals surface area contributed by atoms with Gasteiger partial charge >= 0.3 is 5.97 Å². The van der Waals surface area contributed by atoms with Crippen LogP contribution in [0, 0.1) is 0 Å². The molecule has 1 rings (SSSR count). The maximum absolute atomic E-state index is 11.3. The fourth-order valence-corrected chi connectivity index (χ4v) is 0.963. The number of hydrogen-bond acceptors (Lipinski definition) is 3. The van der Waals surface area contributed by atoms with Crippen molar-refractivity contribution >= 4 is 11.8 Å². The largest absolute Gasteiger partial charge is 0.459 e. The molecule has 0 bridgehead atoms. The second-order valence-electron chi connectivity index (χ2n) is 3.12. The van der Waals surface area contributed by atoms with E-state index < -0.39 is 0 Å². The van der Waals surface area contributed by atoms with Gasteiger partial charge in [0.05, 0.1) is 11.7 Å². The minimum absolute atomic E-state index is 0.0149. The molecule has 1 aliphatic carbocycles. The standard InChI is InChI=1S/C10H12O3/c1-7(2)13-10(12)8-3-5-9(11)6-4-8/h3-5,7H,6H2,1-2H3. The van der Waals surface area contributed by atoms with Crippen LogP contribution in [0.25, 0.3) is 0 Å². The first-order valence-corrected chi connectivity index (χ1v) is 4.21. The van der Waals surface area contributed by atoms with Crippen LogP contribution in [0.2, 0.25) is 0 Å². The van der Waals surface area contributed by atoms with Crippen molar-refractivity contribution in [3.05, 3.63) is 23.8 Å². The lowest BCUT2D eigenvalue weighted by atomic mass is 10.1. The summed E-state index contributed by atoms with van der Waals surface area (Å²) in [6.07, 6.45) is 4.65. The topological polar surface area (TPSA) is 43.4 Å².